The van der Waals surface area contributed by atoms with Crippen LogP contribution in [0.4, 0.5) is 5.69 Å². The average molecular weight is 349 g/mol. The molecule has 0 aromatic heterocycles. The van der Waals surface area contributed by atoms with Gasteiger partial charge in [-0.25, -0.2) is 4.79 Å². The fourth-order valence-corrected chi connectivity index (χ4v) is 2.75. The van der Waals surface area contributed by atoms with Gasteiger partial charge in [0.1, 0.15) is 5.54 Å². The highest BCUT2D eigenvalue weighted by Gasteiger charge is 2.51. The van der Waals surface area contributed by atoms with Gasteiger partial charge >= 0.3 is 5.97 Å². The van der Waals surface area contributed by atoms with Crippen LogP contribution in [0, 0.1) is 0 Å². The van der Waals surface area contributed by atoms with E-state index in [0.717, 1.165) is 10.2 Å². The Kier molecular flexibility index (Phi) is 4.38. The standard InChI is InChI=1S/C13H15BrClNO3/c1-2-19-9-6-13(7-9,12(17)18)16-8-3-4-11(15)10(14)5-8/h3-5,9,16H,2,6-7H2,1H3,(H,17,18). The molecule has 0 amide bonds. The molecule has 19 heavy (non-hydrogen) atoms. The Morgan fingerprint density at radius 2 is 2.32 bits per heavy atom. The number of halogens is 2. The first-order chi connectivity index (χ1) is 8.97. The topological polar surface area (TPSA) is 58.6 Å². The van der Waals surface area contributed by atoms with Gasteiger partial charge in [0.25, 0.3) is 0 Å². The van der Waals surface area contributed by atoms with Gasteiger partial charge in [-0.05, 0) is 41.1 Å². The van der Waals surface area contributed by atoms with Crippen LogP contribution in [0.15, 0.2) is 22.7 Å². The van der Waals surface area contributed by atoms with E-state index >= 15 is 0 Å². The third kappa shape index (κ3) is 3.04. The fraction of sp³-hybridized carbons (Fsp3) is 0.462. The molecule has 1 aromatic rings. The predicted molar refractivity (Wildman–Crippen MR) is 77.8 cm³/mol. The molecule has 0 atom stereocenters. The highest BCUT2D eigenvalue weighted by atomic mass is 79.9. The number of ether oxygens (including phenoxy) is 1. The lowest BCUT2D eigenvalue weighted by atomic mass is 9.74. The van der Waals surface area contributed by atoms with Gasteiger partial charge in [-0.15, -0.1) is 0 Å². The van der Waals surface area contributed by atoms with Crippen molar-refractivity contribution in [3.05, 3.63) is 27.7 Å². The van der Waals surface area contributed by atoms with Gasteiger partial charge in [-0.2, -0.15) is 0 Å². The SMILES string of the molecule is CCOC1CC(Nc2ccc(Cl)c(Br)c2)(C(=O)O)C1. The van der Waals surface area contributed by atoms with Crippen LogP contribution in [0.2, 0.25) is 5.02 Å². The van der Waals surface area contributed by atoms with Crippen molar-refractivity contribution in [1.29, 1.82) is 0 Å². The van der Waals surface area contributed by atoms with E-state index in [-0.39, 0.29) is 6.10 Å². The molecular weight excluding hydrogens is 334 g/mol. The molecule has 0 bridgehead atoms. The third-order valence-electron chi connectivity index (χ3n) is 3.27. The summed E-state index contributed by atoms with van der Waals surface area (Å²) in [7, 11) is 0. The second-order valence-corrected chi connectivity index (χ2v) is 5.89. The molecule has 1 fully saturated rings. The number of nitrogens with one attached hydrogen (secondary N) is 1. The zero-order chi connectivity index (χ0) is 14.0. The largest absolute Gasteiger partial charge is 0.480 e. The predicted octanol–water partition coefficient (Wildman–Crippen LogP) is 3.54. The van der Waals surface area contributed by atoms with E-state index in [4.69, 9.17) is 16.3 Å². The Morgan fingerprint density at radius 1 is 1.63 bits per heavy atom. The van der Waals surface area contributed by atoms with Crippen LogP contribution in [-0.4, -0.2) is 29.3 Å². The zero-order valence-electron chi connectivity index (χ0n) is 10.5. The monoisotopic (exact) mass is 347 g/mol. The van der Waals surface area contributed by atoms with Crippen molar-refractivity contribution < 1.29 is 14.6 Å². The molecule has 1 saturated carbocycles. The smallest absolute Gasteiger partial charge is 0.329 e. The summed E-state index contributed by atoms with van der Waals surface area (Å²) in [6, 6.07) is 5.27. The van der Waals surface area contributed by atoms with Gasteiger partial charge in [0.05, 0.1) is 11.1 Å². The maximum absolute atomic E-state index is 11.5. The fourth-order valence-electron chi connectivity index (χ4n) is 2.25. The highest BCUT2D eigenvalue weighted by Crippen LogP contribution is 2.39. The third-order valence-corrected chi connectivity index (χ3v) is 4.48. The number of benzene rings is 1. The van der Waals surface area contributed by atoms with Crippen molar-refractivity contribution in [2.24, 2.45) is 0 Å². The highest BCUT2D eigenvalue weighted by molar-refractivity contribution is 9.10. The second kappa shape index (κ2) is 5.69. The van der Waals surface area contributed by atoms with Crippen molar-refractivity contribution in [2.45, 2.75) is 31.4 Å². The molecule has 0 aliphatic heterocycles. The van der Waals surface area contributed by atoms with Crippen LogP contribution in [0.3, 0.4) is 0 Å². The van der Waals surface area contributed by atoms with Gasteiger partial charge in [0.15, 0.2) is 0 Å². The molecule has 1 aliphatic carbocycles. The van der Waals surface area contributed by atoms with Crippen molar-refractivity contribution >= 4 is 39.2 Å². The van der Waals surface area contributed by atoms with Gasteiger partial charge in [0, 0.05) is 29.6 Å². The van der Waals surface area contributed by atoms with Crippen LogP contribution in [0.25, 0.3) is 0 Å². The average Bonchev–Trinajstić information content (AvgIpc) is 2.30. The van der Waals surface area contributed by atoms with Crippen molar-refractivity contribution in [2.75, 3.05) is 11.9 Å². The molecule has 0 unspecified atom stereocenters. The quantitative estimate of drug-likeness (QED) is 0.854. The summed E-state index contributed by atoms with van der Waals surface area (Å²) in [6.07, 6.45) is 0.955. The van der Waals surface area contributed by atoms with Crippen molar-refractivity contribution in [3.8, 4) is 0 Å². The molecule has 6 heteroatoms. The normalized spacial score (nSPS) is 25.7. The summed E-state index contributed by atoms with van der Waals surface area (Å²) in [6.45, 7) is 2.51. The first kappa shape index (κ1) is 14.6. The summed E-state index contributed by atoms with van der Waals surface area (Å²) < 4.78 is 6.17. The van der Waals surface area contributed by atoms with E-state index in [1.165, 1.54) is 0 Å². The number of rotatable bonds is 5. The van der Waals surface area contributed by atoms with Gasteiger partial charge in [0.2, 0.25) is 0 Å². The van der Waals surface area contributed by atoms with Gasteiger partial charge < -0.3 is 15.2 Å². The lowest BCUT2D eigenvalue weighted by molar-refractivity contribution is -0.152. The molecular formula is C13H15BrClNO3. The summed E-state index contributed by atoms with van der Waals surface area (Å²) in [5.74, 6) is -0.852. The number of aliphatic carboxylic acids is 1. The lowest BCUT2D eigenvalue weighted by Gasteiger charge is -2.44. The number of hydrogen-bond acceptors (Lipinski definition) is 3. The van der Waals surface area contributed by atoms with Crippen LogP contribution < -0.4 is 5.32 Å². The van der Waals surface area contributed by atoms with Gasteiger partial charge in [-0.1, -0.05) is 11.6 Å². The molecule has 4 nitrogen and oxygen atoms in total. The van der Waals surface area contributed by atoms with E-state index in [1.54, 1.807) is 18.2 Å². The van der Waals surface area contributed by atoms with Crippen LogP contribution in [-0.2, 0) is 9.53 Å². The summed E-state index contributed by atoms with van der Waals surface area (Å²) >= 11 is 9.24. The molecule has 2 N–H and O–H groups in total. The molecule has 0 radical (unpaired) electrons. The van der Waals surface area contributed by atoms with Crippen LogP contribution >= 0.6 is 27.5 Å². The molecule has 1 aliphatic rings. The first-order valence-corrected chi connectivity index (χ1v) is 7.22. The van der Waals surface area contributed by atoms with Crippen molar-refractivity contribution in [3.63, 3.8) is 0 Å². The van der Waals surface area contributed by atoms with E-state index in [9.17, 15) is 9.90 Å². The maximum atomic E-state index is 11.5. The number of carboxylic acid groups (broad SMARTS) is 1. The maximum Gasteiger partial charge on any atom is 0.329 e. The van der Waals surface area contributed by atoms with E-state index in [1.807, 2.05) is 6.92 Å². The van der Waals surface area contributed by atoms with E-state index in [2.05, 4.69) is 21.2 Å². The zero-order valence-corrected chi connectivity index (χ0v) is 12.8. The lowest BCUT2D eigenvalue weighted by Crippen LogP contribution is -2.59. The Hall–Kier alpha value is -0.780. The molecule has 0 heterocycles. The minimum Gasteiger partial charge on any atom is -0.480 e. The first-order valence-electron chi connectivity index (χ1n) is 6.05. The van der Waals surface area contributed by atoms with E-state index < -0.39 is 11.5 Å². The van der Waals surface area contributed by atoms with Crippen LogP contribution in [0.5, 0.6) is 0 Å². The number of carboxylic acids is 1. The molecule has 104 valence electrons. The Labute approximate surface area is 125 Å². The summed E-state index contributed by atoms with van der Waals surface area (Å²) in [4.78, 5) is 11.5. The number of carbonyl (C=O) groups is 1. The minimum atomic E-state index is -0.937. The Morgan fingerprint density at radius 3 is 2.84 bits per heavy atom. The van der Waals surface area contributed by atoms with E-state index in [0.29, 0.717) is 24.5 Å². The number of anilines is 1. The summed E-state index contributed by atoms with van der Waals surface area (Å²) in [5, 5.41) is 13.1. The Balaban J connectivity index is 2.10. The second-order valence-electron chi connectivity index (χ2n) is 4.63. The molecule has 0 spiro atoms. The van der Waals surface area contributed by atoms with Gasteiger partial charge in [-0.3, -0.25) is 0 Å². The molecule has 0 saturated heterocycles. The molecule has 1 aromatic carbocycles. The minimum absolute atomic E-state index is 0.0179. The molecule has 2 rings (SSSR count). The number of hydrogen-bond donors (Lipinski definition) is 2. The van der Waals surface area contributed by atoms with Crippen molar-refractivity contribution in [1.82, 2.24) is 0 Å². The summed E-state index contributed by atoms with van der Waals surface area (Å²) in [5.41, 5.74) is -0.207. The van der Waals surface area contributed by atoms with Crippen LogP contribution in [0.1, 0.15) is 19.8 Å². The Bertz CT molecular complexity index is 489.